The number of ether oxygens (including phenoxy) is 1. The Bertz CT molecular complexity index is 331. The molecule has 0 saturated carbocycles. The third kappa shape index (κ3) is 6.03. The van der Waals surface area contributed by atoms with Crippen molar-refractivity contribution in [2.45, 2.75) is 13.5 Å². The Balaban J connectivity index is 2.11. The highest BCUT2D eigenvalue weighted by atomic mass is 35.5. The Morgan fingerprint density at radius 1 is 1.18 bits per heavy atom. The average Bonchev–Trinajstić information content (AvgIpc) is 2.32. The molecule has 0 aliphatic heterocycles. The standard InChI is InChI=1S/C13H21ClN2O/c1-11-3-4-12(9-13(11)14)10-16-6-5-15-7-8-17-2/h3-4,9,15-16H,5-8,10H2,1-2H3. The molecule has 0 amide bonds. The fraction of sp³-hybridized carbons (Fsp3) is 0.538. The van der Waals surface area contributed by atoms with Crippen molar-refractivity contribution in [2.75, 3.05) is 33.4 Å². The predicted octanol–water partition coefficient (Wildman–Crippen LogP) is 1.97. The maximum atomic E-state index is 6.06. The van der Waals surface area contributed by atoms with Crippen LogP contribution in [0.4, 0.5) is 0 Å². The zero-order valence-corrected chi connectivity index (χ0v) is 11.3. The molecular weight excluding hydrogens is 236 g/mol. The summed E-state index contributed by atoms with van der Waals surface area (Å²) < 4.78 is 4.94. The fourth-order valence-corrected chi connectivity index (χ4v) is 1.66. The topological polar surface area (TPSA) is 33.3 Å². The van der Waals surface area contributed by atoms with Crippen molar-refractivity contribution in [1.82, 2.24) is 10.6 Å². The molecule has 2 N–H and O–H groups in total. The zero-order valence-electron chi connectivity index (χ0n) is 10.6. The lowest BCUT2D eigenvalue weighted by Crippen LogP contribution is -2.29. The van der Waals surface area contributed by atoms with Gasteiger partial charge in [0.1, 0.15) is 0 Å². The molecule has 0 aliphatic rings. The highest BCUT2D eigenvalue weighted by Crippen LogP contribution is 2.16. The van der Waals surface area contributed by atoms with Gasteiger partial charge in [-0.2, -0.15) is 0 Å². The Labute approximate surface area is 109 Å². The van der Waals surface area contributed by atoms with Gasteiger partial charge in [-0.15, -0.1) is 0 Å². The molecular formula is C13H21ClN2O. The van der Waals surface area contributed by atoms with E-state index in [1.54, 1.807) is 7.11 Å². The molecule has 0 atom stereocenters. The molecule has 17 heavy (non-hydrogen) atoms. The third-order valence-corrected chi connectivity index (χ3v) is 2.93. The molecule has 1 rings (SSSR count). The van der Waals surface area contributed by atoms with E-state index in [1.807, 2.05) is 13.0 Å². The predicted molar refractivity (Wildman–Crippen MR) is 72.6 cm³/mol. The summed E-state index contributed by atoms with van der Waals surface area (Å²) in [5.41, 5.74) is 2.34. The smallest absolute Gasteiger partial charge is 0.0587 e. The molecule has 0 aromatic heterocycles. The van der Waals surface area contributed by atoms with Gasteiger partial charge in [0.05, 0.1) is 6.61 Å². The quantitative estimate of drug-likeness (QED) is 0.698. The molecule has 0 unspecified atom stereocenters. The second kappa shape index (κ2) is 8.48. The lowest BCUT2D eigenvalue weighted by atomic mass is 10.1. The van der Waals surface area contributed by atoms with Crippen LogP contribution in [0.5, 0.6) is 0 Å². The highest BCUT2D eigenvalue weighted by molar-refractivity contribution is 6.31. The molecule has 1 aromatic rings. The molecule has 4 heteroatoms. The Kier molecular flexibility index (Phi) is 7.21. The minimum absolute atomic E-state index is 0.758. The van der Waals surface area contributed by atoms with Crippen LogP contribution in [0.3, 0.4) is 0 Å². The van der Waals surface area contributed by atoms with Gasteiger partial charge in [0.2, 0.25) is 0 Å². The van der Waals surface area contributed by atoms with E-state index in [-0.39, 0.29) is 0 Å². The summed E-state index contributed by atoms with van der Waals surface area (Å²) in [6, 6.07) is 6.17. The number of hydrogen-bond donors (Lipinski definition) is 2. The van der Waals surface area contributed by atoms with Crippen molar-refractivity contribution in [3.63, 3.8) is 0 Å². The van der Waals surface area contributed by atoms with Crippen molar-refractivity contribution in [3.8, 4) is 0 Å². The first-order valence-corrected chi connectivity index (χ1v) is 6.27. The lowest BCUT2D eigenvalue weighted by Gasteiger charge is -2.07. The van der Waals surface area contributed by atoms with E-state index < -0.39 is 0 Å². The minimum Gasteiger partial charge on any atom is -0.383 e. The summed E-state index contributed by atoms with van der Waals surface area (Å²) in [6.45, 7) is 6.41. The molecule has 0 fully saturated rings. The van der Waals surface area contributed by atoms with Crippen molar-refractivity contribution in [2.24, 2.45) is 0 Å². The number of hydrogen-bond acceptors (Lipinski definition) is 3. The van der Waals surface area contributed by atoms with Crippen molar-refractivity contribution in [1.29, 1.82) is 0 Å². The number of methoxy groups -OCH3 is 1. The Morgan fingerprint density at radius 3 is 2.65 bits per heavy atom. The van der Waals surface area contributed by atoms with Gasteiger partial charge in [0.15, 0.2) is 0 Å². The van der Waals surface area contributed by atoms with Gasteiger partial charge in [-0.05, 0) is 24.1 Å². The molecule has 0 bridgehead atoms. The van der Waals surface area contributed by atoms with Crippen LogP contribution in [0.25, 0.3) is 0 Å². The van der Waals surface area contributed by atoms with Crippen molar-refractivity contribution < 1.29 is 4.74 Å². The first-order chi connectivity index (χ1) is 8.24. The van der Waals surface area contributed by atoms with E-state index >= 15 is 0 Å². The van der Waals surface area contributed by atoms with Gasteiger partial charge in [0, 0.05) is 38.3 Å². The normalized spacial score (nSPS) is 10.8. The first kappa shape index (κ1) is 14.5. The average molecular weight is 257 g/mol. The van der Waals surface area contributed by atoms with Crippen molar-refractivity contribution in [3.05, 3.63) is 34.3 Å². The maximum Gasteiger partial charge on any atom is 0.0587 e. The summed E-state index contributed by atoms with van der Waals surface area (Å²) in [5, 5.41) is 7.48. The third-order valence-electron chi connectivity index (χ3n) is 2.53. The van der Waals surface area contributed by atoms with Crippen LogP contribution in [0, 0.1) is 6.92 Å². The van der Waals surface area contributed by atoms with Gasteiger partial charge in [0.25, 0.3) is 0 Å². The first-order valence-electron chi connectivity index (χ1n) is 5.89. The number of aryl methyl sites for hydroxylation is 1. The number of halogens is 1. The van der Waals surface area contributed by atoms with E-state index in [4.69, 9.17) is 16.3 Å². The maximum absolute atomic E-state index is 6.06. The lowest BCUT2D eigenvalue weighted by molar-refractivity contribution is 0.199. The van der Waals surface area contributed by atoms with Crippen LogP contribution in [-0.4, -0.2) is 33.4 Å². The molecule has 3 nitrogen and oxygen atoms in total. The van der Waals surface area contributed by atoms with Crippen LogP contribution in [0.2, 0.25) is 5.02 Å². The highest BCUT2D eigenvalue weighted by Gasteiger charge is 1.97. The molecule has 0 saturated heterocycles. The van der Waals surface area contributed by atoms with Gasteiger partial charge in [-0.1, -0.05) is 23.7 Å². The monoisotopic (exact) mass is 256 g/mol. The van der Waals surface area contributed by atoms with Crippen LogP contribution >= 0.6 is 11.6 Å². The van der Waals surface area contributed by atoms with Crippen molar-refractivity contribution >= 4 is 11.6 Å². The summed E-state index contributed by atoms with van der Waals surface area (Å²) in [5.74, 6) is 0. The summed E-state index contributed by atoms with van der Waals surface area (Å²) in [4.78, 5) is 0. The number of rotatable bonds is 8. The van der Waals surface area contributed by atoms with E-state index in [0.717, 1.165) is 43.4 Å². The van der Waals surface area contributed by atoms with Gasteiger partial charge in [-0.3, -0.25) is 0 Å². The van der Waals surface area contributed by atoms with E-state index in [0.29, 0.717) is 0 Å². The van der Waals surface area contributed by atoms with E-state index in [9.17, 15) is 0 Å². The SMILES string of the molecule is COCCNCCNCc1ccc(C)c(Cl)c1. The van der Waals surface area contributed by atoms with E-state index in [2.05, 4.69) is 22.8 Å². The Morgan fingerprint density at radius 2 is 1.94 bits per heavy atom. The molecule has 0 radical (unpaired) electrons. The second-order valence-electron chi connectivity index (χ2n) is 4.00. The number of nitrogens with one attached hydrogen (secondary N) is 2. The molecule has 0 heterocycles. The minimum atomic E-state index is 0.758. The second-order valence-corrected chi connectivity index (χ2v) is 4.41. The summed E-state index contributed by atoms with van der Waals surface area (Å²) in [7, 11) is 1.71. The molecule has 0 spiro atoms. The summed E-state index contributed by atoms with van der Waals surface area (Å²) >= 11 is 6.06. The molecule has 96 valence electrons. The van der Waals surface area contributed by atoms with Crippen LogP contribution < -0.4 is 10.6 Å². The van der Waals surface area contributed by atoms with Crippen LogP contribution in [0.15, 0.2) is 18.2 Å². The Hall–Kier alpha value is -0.610. The summed E-state index contributed by atoms with van der Waals surface area (Å²) in [6.07, 6.45) is 0. The van der Waals surface area contributed by atoms with Crippen LogP contribution in [0.1, 0.15) is 11.1 Å². The van der Waals surface area contributed by atoms with Gasteiger partial charge >= 0.3 is 0 Å². The van der Waals surface area contributed by atoms with E-state index in [1.165, 1.54) is 5.56 Å². The largest absolute Gasteiger partial charge is 0.383 e. The number of benzene rings is 1. The molecule has 0 aliphatic carbocycles. The zero-order chi connectivity index (χ0) is 12.5. The molecule has 1 aromatic carbocycles. The van der Waals surface area contributed by atoms with Crippen LogP contribution in [-0.2, 0) is 11.3 Å². The van der Waals surface area contributed by atoms with Gasteiger partial charge in [-0.25, -0.2) is 0 Å². The fourth-order valence-electron chi connectivity index (χ4n) is 1.46. The van der Waals surface area contributed by atoms with Gasteiger partial charge < -0.3 is 15.4 Å².